The fourth-order valence-corrected chi connectivity index (χ4v) is 3.06. The summed E-state index contributed by atoms with van der Waals surface area (Å²) in [6.07, 6.45) is 0. The highest BCUT2D eigenvalue weighted by molar-refractivity contribution is 5.83. The van der Waals surface area contributed by atoms with E-state index >= 15 is 0 Å². The molecule has 0 heterocycles. The van der Waals surface area contributed by atoms with E-state index in [0.29, 0.717) is 0 Å². The summed E-state index contributed by atoms with van der Waals surface area (Å²) in [4.78, 5) is 14.5. The summed E-state index contributed by atoms with van der Waals surface area (Å²) in [5.41, 5.74) is 3.22. The predicted molar refractivity (Wildman–Crippen MR) is 106 cm³/mol. The van der Waals surface area contributed by atoms with Crippen LogP contribution in [-0.4, -0.2) is 24.9 Å². The fraction of sp³-hybridized carbons (Fsp3) is 0.174. The van der Waals surface area contributed by atoms with Crippen LogP contribution >= 0.6 is 0 Å². The number of hydrogen-bond donors (Lipinski definition) is 1. The average molecular weight is 344 g/mol. The van der Waals surface area contributed by atoms with E-state index < -0.39 is 6.04 Å². The maximum Gasteiger partial charge on any atom is 0.243 e. The Kier molecular flexibility index (Phi) is 5.82. The predicted octanol–water partition coefficient (Wildman–Crippen LogP) is 4.20. The van der Waals surface area contributed by atoms with Crippen molar-refractivity contribution in [1.29, 1.82) is 0 Å². The maximum absolute atomic E-state index is 12.9. The minimum Gasteiger partial charge on any atom is -0.347 e. The lowest BCUT2D eigenvalue weighted by molar-refractivity contribution is -0.131. The summed E-state index contributed by atoms with van der Waals surface area (Å²) >= 11 is 0. The summed E-state index contributed by atoms with van der Waals surface area (Å²) in [6, 6.07) is 29.9. The first-order valence-corrected chi connectivity index (χ1v) is 8.79. The minimum atomic E-state index is -0.420. The Balaban J connectivity index is 2.01. The number of benzene rings is 3. The lowest BCUT2D eigenvalue weighted by Crippen LogP contribution is -2.39. The smallest absolute Gasteiger partial charge is 0.243 e. The van der Waals surface area contributed by atoms with Crippen LogP contribution in [0.5, 0.6) is 0 Å². The Morgan fingerprint density at radius 2 is 1.08 bits per heavy atom. The van der Waals surface area contributed by atoms with Crippen LogP contribution in [0.1, 0.15) is 28.8 Å². The van der Waals surface area contributed by atoms with Gasteiger partial charge in [0.1, 0.15) is 6.04 Å². The van der Waals surface area contributed by atoms with Crippen molar-refractivity contribution in [3.63, 3.8) is 0 Å². The molecule has 132 valence electrons. The van der Waals surface area contributed by atoms with Gasteiger partial charge in [-0.25, -0.2) is 0 Å². The Morgan fingerprint density at radius 1 is 0.692 bits per heavy atom. The second-order valence-corrected chi connectivity index (χ2v) is 6.50. The van der Waals surface area contributed by atoms with Crippen LogP contribution in [0.25, 0.3) is 0 Å². The molecule has 0 saturated carbocycles. The van der Waals surface area contributed by atoms with Gasteiger partial charge in [-0.15, -0.1) is 0 Å². The van der Waals surface area contributed by atoms with Gasteiger partial charge in [0.25, 0.3) is 0 Å². The number of carbonyl (C=O) groups excluding carboxylic acids is 1. The quantitative estimate of drug-likeness (QED) is 0.727. The van der Waals surface area contributed by atoms with Gasteiger partial charge >= 0.3 is 0 Å². The highest BCUT2D eigenvalue weighted by atomic mass is 16.2. The number of nitrogens with one attached hydrogen (secondary N) is 1. The summed E-state index contributed by atoms with van der Waals surface area (Å²) in [5.74, 6) is 0.0352. The first-order chi connectivity index (χ1) is 12.7. The van der Waals surface area contributed by atoms with Crippen LogP contribution in [0.15, 0.2) is 91.0 Å². The Labute approximate surface area is 155 Å². The molecular weight excluding hydrogens is 320 g/mol. The van der Waals surface area contributed by atoms with Crippen molar-refractivity contribution in [2.75, 3.05) is 14.1 Å². The maximum atomic E-state index is 12.9. The van der Waals surface area contributed by atoms with Crippen LogP contribution in [0.2, 0.25) is 0 Å². The van der Waals surface area contributed by atoms with Gasteiger partial charge in [0, 0.05) is 14.1 Å². The van der Waals surface area contributed by atoms with Gasteiger partial charge < -0.3 is 4.90 Å². The second kappa shape index (κ2) is 8.45. The van der Waals surface area contributed by atoms with Crippen molar-refractivity contribution in [3.8, 4) is 0 Å². The zero-order valence-corrected chi connectivity index (χ0v) is 15.2. The van der Waals surface area contributed by atoms with Crippen LogP contribution in [-0.2, 0) is 4.79 Å². The zero-order chi connectivity index (χ0) is 18.4. The first-order valence-electron chi connectivity index (χ1n) is 8.79. The van der Waals surface area contributed by atoms with Crippen molar-refractivity contribution in [3.05, 3.63) is 108 Å². The monoisotopic (exact) mass is 344 g/mol. The van der Waals surface area contributed by atoms with Gasteiger partial charge in [0.2, 0.25) is 5.91 Å². The van der Waals surface area contributed by atoms with Crippen LogP contribution in [0.4, 0.5) is 0 Å². The van der Waals surface area contributed by atoms with E-state index in [2.05, 4.69) is 29.6 Å². The number of amides is 1. The number of nitrogens with zero attached hydrogens (tertiary/aromatic N) is 1. The van der Waals surface area contributed by atoms with Gasteiger partial charge in [-0.05, 0) is 16.7 Å². The minimum absolute atomic E-state index is 0.0352. The van der Waals surface area contributed by atoms with Gasteiger partial charge in [-0.1, -0.05) is 91.0 Å². The number of hydrogen-bond acceptors (Lipinski definition) is 2. The van der Waals surface area contributed by atoms with Crippen molar-refractivity contribution >= 4 is 5.91 Å². The van der Waals surface area contributed by atoms with E-state index in [9.17, 15) is 4.79 Å². The topological polar surface area (TPSA) is 32.3 Å². The Morgan fingerprint density at radius 3 is 1.46 bits per heavy atom. The van der Waals surface area contributed by atoms with E-state index in [1.807, 2.05) is 66.7 Å². The molecule has 0 radical (unpaired) electrons. The largest absolute Gasteiger partial charge is 0.347 e. The molecule has 3 aromatic carbocycles. The third-order valence-electron chi connectivity index (χ3n) is 4.42. The van der Waals surface area contributed by atoms with Gasteiger partial charge in [-0.2, -0.15) is 0 Å². The van der Waals surface area contributed by atoms with Crippen molar-refractivity contribution in [2.45, 2.75) is 12.1 Å². The standard InChI is InChI=1S/C23H24N2O/c1-25(2)23(26)22(20-16-10-5-11-17-20)24-21(18-12-6-3-7-13-18)19-14-8-4-9-15-19/h3-17,21-22,24H,1-2H3/t22-/m0/s1. The molecule has 0 fully saturated rings. The third-order valence-corrected chi connectivity index (χ3v) is 4.42. The third kappa shape index (κ3) is 4.19. The Hall–Kier alpha value is -2.91. The lowest BCUT2D eigenvalue weighted by Gasteiger charge is -2.28. The number of carbonyl (C=O) groups is 1. The van der Waals surface area contributed by atoms with E-state index in [0.717, 1.165) is 16.7 Å². The molecule has 0 aliphatic carbocycles. The molecule has 0 aliphatic heterocycles. The average Bonchev–Trinajstić information content (AvgIpc) is 2.70. The molecule has 1 N–H and O–H groups in total. The van der Waals surface area contributed by atoms with Crippen LogP contribution < -0.4 is 5.32 Å². The molecule has 3 aromatic rings. The molecule has 0 unspecified atom stereocenters. The molecule has 1 atom stereocenters. The van der Waals surface area contributed by atoms with Crippen molar-refractivity contribution in [2.24, 2.45) is 0 Å². The molecular formula is C23H24N2O. The summed E-state index contributed by atoms with van der Waals surface area (Å²) in [5, 5.41) is 3.59. The zero-order valence-electron chi connectivity index (χ0n) is 15.2. The van der Waals surface area contributed by atoms with E-state index in [1.54, 1.807) is 19.0 Å². The summed E-state index contributed by atoms with van der Waals surface area (Å²) in [6.45, 7) is 0. The molecule has 0 spiro atoms. The summed E-state index contributed by atoms with van der Waals surface area (Å²) < 4.78 is 0. The van der Waals surface area contributed by atoms with Gasteiger partial charge in [0.05, 0.1) is 6.04 Å². The Bertz CT molecular complexity index is 777. The van der Waals surface area contributed by atoms with Crippen molar-refractivity contribution < 1.29 is 4.79 Å². The number of likely N-dealkylation sites (N-methyl/N-ethyl adjacent to an activating group) is 1. The first kappa shape index (κ1) is 17.9. The van der Waals surface area contributed by atoms with Crippen LogP contribution in [0, 0.1) is 0 Å². The second-order valence-electron chi connectivity index (χ2n) is 6.50. The molecule has 3 rings (SSSR count). The molecule has 3 heteroatoms. The molecule has 3 nitrogen and oxygen atoms in total. The lowest BCUT2D eigenvalue weighted by atomic mass is 9.96. The van der Waals surface area contributed by atoms with Gasteiger partial charge in [-0.3, -0.25) is 10.1 Å². The molecule has 0 aromatic heterocycles. The summed E-state index contributed by atoms with van der Waals surface area (Å²) in [7, 11) is 3.58. The fourth-order valence-electron chi connectivity index (χ4n) is 3.06. The van der Waals surface area contributed by atoms with E-state index in [1.165, 1.54) is 0 Å². The van der Waals surface area contributed by atoms with Crippen molar-refractivity contribution in [1.82, 2.24) is 10.2 Å². The van der Waals surface area contributed by atoms with E-state index in [4.69, 9.17) is 0 Å². The van der Waals surface area contributed by atoms with Crippen LogP contribution in [0.3, 0.4) is 0 Å². The highest BCUT2D eigenvalue weighted by Gasteiger charge is 2.26. The molecule has 0 saturated heterocycles. The normalized spacial score (nSPS) is 12.0. The molecule has 0 bridgehead atoms. The molecule has 0 aliphatic rings. The van der Waals surface area contributed by atoms with Gasteiger partial charge in [0.15, 0.2) is 0 Å². The molecule has 1 amide bonds. The highest BCUT2D eigenvalue weighted by Crippen LogP contribution is 2.26. The number of rotatable bonds is 6. The molecule has 26 heavy (non-hydrogen) atoms. The van der Waals surface area contributed by atoms with E-state index in [-0.39, 0.29) is 11.9 Å². The SMILES string of the molecule is CN(C)C(=O)[C@@H](NC(c1ccccc1)c1ccccc1)c1ccccc1.